The number of hydrogen-bond acceptors (Lipinski definition) is 3. The van der Waals surface area contributed by atoms with Crippen LogP contribution in [0.15, 0.2) is 24.3 Å². The second kappa shape index (κ2) is 6.06. The Morgan fingerprint density at radius 1 is 1.06 bits per heavy atom. The number of anilines is 1. The molecule has 0 aliphatic heterocycles. The zero-order chi connectivity index (χ0) is 13.8. The van der Waals surface area contributed by atoms with Crippen LogP contribution in [0.4, 0.5) is 18.9 Å². The number of rotatable bonds is 5. The summed E-state index contributed by atoms with van der Waals surface area (Å²) in [6.45, 7) is 1.81. The molecule has 102 valence electrons. The van der Waals surface area contributed by atoms with Gasteiger partial charge in [-0.25, -0.2) is 0 Å². The van der Waals surface area contributed by atoms with Gasteiger partial charge in [-0.3, -0.25) is 0 Å². The molecule has 1 aromatic rings. The maximum absolute atomic E-state index is 12.4. The van der Waals surface area contributed by atoms with Crippen LogP contribution in [0.3, 0.4) is 0 Å². The van der Waals surface area contributed by atoms with Crippen LogP contribution in [0, 0.1) is 0 Å². The van der Waals surface area contributed by atoms with E-state index in [1.165, 1.54) is 26.4 Å². The fourth-order valence-corrected chi connectivity index (χ4v) is 1.59. The molecule has 3 nitrogen and oxygen atoms in total. The molecule has 0 aliphatic rings. The van der Waals surface area contributed by atoms with Gasteiger partial charge in [-0.2, -0.15) is 13.2 Å². The summed E-state index contributed by atoms with van der Waals surface area (Å²) >= 11 is 0. The van der Waals surface area contributed by atoms with Crippen molar-refractivity contribution in [3.8, 4) is 0 Å². The highest BCUT2D eigenvalue weighted by Crippen LogP contribution is 2.29. The molecule has 0 amide bonds. The first-order valence-electron chi connectivity index (χ1n) is 5.38. The fourth-order valence-electron chi connectivity index (χ4n) is 1.59. The van der Waals surface area contributed by atoms with Gasteiger partial charge in [0.2, 0.25) is 0 Å². The lowest BCUT2D eigenvalue weighted by Gasteiger charge is -2.23. The van der Waals surface area contributed by atoms with Gasteiger partial charge in [0.1, 0.15) is 0 Å². The van der Waals surface area contributed by atoms with Crippen molar-refractivity contribution >= 4 is 5.69 Å². The Kier molecular flexibility index (Phi) is 4.98. The second-order valence-electron chi connectivity index (χ2n) is 3.85. The molecule has 0 saturated carbocycles. The van der Waals surface area contributed by atoms with E-state index < -0.39 is 18.0 Å². The molecule has 0 aliphatic carbocycles. The molecule has 0 saturated heterocycles. The molecule has 0 fully saturated rings. The Morgan fingerprint density at radius 2 is 1.56 bits per heavy atom. The smallest absolute Gasteiger partial charge is 0.377 e. The largest absolute Gasteiger partial charge is 0.416 e. The van der Waals surface area contributed by atoms with Gasteiger partial charge in [0, 0.05) is 19.9 Å². The third-order valence-corrected chi connectivity index (χ3v) is 2.48. The van der Waals surface area contributed by atoms with E-state index in [1.54, 1.807) is 0 Å². The Hall–Kier alpha value is -1.27. The quantitative estimate of drug-likeness (QED) is 0.828. The van der Waals surface area contributed by atoms with E-state index in [9.17, 15) is 13.2 Å². The summed E-state index contributed by atoms with van der Waals surface area (Å²) in [5.41, 5.74) is -0.0923. The first kappa shape index (κ1) is 14.8. The predicted molar refractivity (Wildman–Crippen MR) is 62.3 cm³/mol. The fraction of sp³-hybridized carbons (Fsp3) is 0.500. The van der Waals surface area contributed by atoms with Crippen molar-refractivity contribution in [1.29, 1.82) is 0 Å². The summed E-state index contributed by atoms with van der Waals surface area (Å²) in [6.07, 6.45) is -4.78. The van der Waals surface area contributed by atoms with Gasteiger partial charge in [-0.05, 0) is 31.2 Å². The Morgan fingerprint density at radius 3 is 1.94 bits per heavy atom. The zero-order valence-electron chi connectivity index (χ0n) is 10.4. The third kappa shape index (κ3) is 3.89. The SMILES string of the molecule is COC(OC)C(C)Nc1ccc(C(F)(F)F)cc1. The Bertz CT molecular complexity index is 361. The van der Waals surface area contributed by atoms with Crippen LogP contribution in [-0.4, -0.2) is 26.6 Å². The van der Waals surface area contributed by atoms with E-state index in [0.29, 0.717) is 5.69 Å². The monoisotopic (exact) mass is 263 g/mol. The molecule has 1 N–H and O–H groups in total. The van der Waals surface area contributed by atoms with E-state index >= 15 is 0 Å². The maximum Gasteiger partial charge on any atom is 0.416 e. The minimum absolute atomic E-state index is 0.184. The van der Waals surface area contributed by atoms with Crippen molar-refractivity contribution < 1.29 is 22.6 Å². The lowest BCUT2D eigenvalue weighted by molar-refractivity contribution is -0.137. The molecule has 1 atom stereocenters. The molecular formula is C12H16F3NO2. The molecule has 6 heteroatoms. The van der Waals surface area contributed by atoms with E-state index in [4.69, 9.17) is 9.47 Å². The number of benzene rings is 1. The van der Waals surface area contributed by atoms with E-state index in [0.717, 1.165) is 12.1 Å². The highest BCUT2D eigenvalue weighted by Gasteiger charge is 2.30. The summed E-state index contributed by atoms with van der Waals surface area (Å²) in [4.78, 5) is 0. The minimum Gasteiger partial charge on any atom is -0.377 e. The predicted octanol–water partition coefficient (Wildman–Crippen LogP) is 3.12. The molecule has 0 aromatic heterocycles. The van der Waals surface area contributed by atoms with Gasteiger partial charge in [0.15, 0.2) is 6.29 Å². The third-order valence-electron chi connectivity index (χ3n) is 2.48. The number of alkyl halides is 3. The number of methoxy groups -OCH3 is 2. The van der Waals surface area contributed by atoms with Gasteiger partial charge >= 0.3 is 6.18 Å². The highest BCUT2D eigenvalue weighted by molar-refractivity contribution is 5.45. The van der Waals surface area contributed by atoms with E-state index in [-0.39, 0.29) is 6.04 Å². The Labute approximate surface area is 104 Å². The van der Waals surface area contributed by atoms with Gasteiger partial charge in [0.25, 0.3) is 0 Å². The van der Waals surface area contributed by atoms with Gasteiger partial charge in [-0.15, -0.1) is 0 Å². The van der Waals surface area contributed by atoms with Crippen LogP contribution < -0.4 is 5.32 Å². The maximum atomic E-state index is 12.4. The lowest BCUT2D eigenvalue weighted by atomic mass is 10.2. The number of hydrogen-bond donors (Lipinski definition) is 1. The lowest BCUT2D eigenvalue weighted by Crippen LogP contribution is -2.33. The van der Waals surface area contributed by atoms with Crippen LogP contribution in [0.5, 0.6) is 0 Å². The van der Waals surface area contributed by atoms with E-state index in [2.05, 4.69) is 5.32 Å². The molecule has 1 aromatic carbocycles. The van der Waals surface area contributed by atoms with Crippen LogP contribution in [0.1, 0.15) is 12.5 Å². The second-order valence-corrected chi connectivity index (χ2v) is 3.85. The highest BCUT2D eigenvalue weighted by atomic mass is 19.4. The van der Waals surface area contributed by atoms with Crippen molar-refractivity contribution in [2.45, 2.75) is 25.4 Å². The first-order valence-corrected chi connectivity index (χ1v) is 5.38. The zero-order valence-corrected chi connectivity index (χ0v) is 10.4. The molecule has 1 rings (SSSR count). The first-order chi connectivity index (χ1) is 8.38. The van der Waals surface area contributed by atoms with Crippen LogP contribution in [0.2, 0.25) is 0 Å². The van der Waals surface area contributed by atoms with Crippen molar-refractivity contribution in [2.75, 3.05) is 19.5 Å². The molecule has 0 spiro atoms. The van der Waals surface area contributed by atoms with Crippen LogP contribution in [-0.2, 0) is 15.7 Å². The Balaban J connectivity index is 2.69. The summed E-state index contributed by atoms with van der Waals surface area (Å²) in [5, 5.41) is 3.01. The summed E-state index contributed by atoms with van der Waals surface area (Å²) < 4.78 is 47.2. The number of halogens is 3. The molecular weight excluding hydrogens is 247 g/mol. The summed E-state index contributed by atoms with van der Waals surface area (Å²) in [7, 11) is 3.00. The standard InChI is InChI=1S/C12H16F3NO2/c1-8(11(17-2)18-3)16-10-6-4-9(5-7-10)12(13,14)15/h4-8,11,16H,1-3H3. The van der Waals surface area contributed by atoms with Crippen LogP contribution >= 0.6 is 0 Å². The topological polar surface area (TPSA) is 30.5 Å². The average Bonchev–Trinajstić information content (AvgIpc) is 2.30. The van der Waals surface area contributed by atoms with Gasteiger partial charge in [-0.1, -0.05) is 0 Å². The van der Waals surface area contributed by atoms with Gasteiger partial charge in [0.05, 0.1) is 11.6 Å². The van der Waals surface area contributed by atoms with Crippen molar-refractivity contribution in [3.05, 3.63) is 29.8 Å². The number of nitrogens with one attached hydrogen (secondary N) is 1. The van der Waals surface area contributed by atoms with Crippen molar-refractivity contribution in [1.82, 2.24) is 0 Å². The van der Waals surface area contributed by atoms with Crippen LogP contribution in [0.25, 0.3) is 0 Å². The molecule has 0 bridgehead atoms. The minimum atomic E-state index is -4.31. The van der Waals surface area contributed by atoms with Crippen molar-refractivity contribution in [3.63, 3.8) is 0 Å². The molecule has 18 heavy (non-hydrogen) atoms. The summed E-state index contributed by atoms with van der Waals surface area (Å²) in [6, 6.07) is 4.63. The van der Waals surface area contributed by atoms with Gasteiger partial charge < -0.3 is 14.8 Å². The number of ether oxygens (including phenoxy) is 2. The molecule has 0 radical (unpaired) electrons. The molecule has 1 unspecified atom stereocenters. The molecule has 0 heterocycles. The van der Waals surface area contributed by atoms with E-state index in [1.807, 2.05) is 6.92 Å². The average molecular weight is 263 g/mol. The summed E-state index contributed by atoms with van der Waals surface area (Å²) in [5.74, 6) is 0. The van der Waals surface area contributed by atoms with Crippen molar-refractivity contribution in [2.24, 2.45) is 0 Å². The normalized spacial score (nSPS) is 13.7.